The highest BCUT2D eigenvalue weighted by Crippen LogP contribution is 2.35. The lowest BCUT2D eigenvalue weighted by atomic mass is 10.1. The summed E-state index contributed by atoms with van der Waals surface area (Å²) in [5, 5.41) is 8.74. The van der Waals surface area contributed by atoms with E-state index in [2.05, 4.69) is 4.98 Å². The molecule has 2 aromatic rings. The first kappa shape index (κ1) is 16.8. The van der Waals surface area contributed by atoms with E-state index in [9.17, 15) is 18.0 Å². The number of halogens is 3. The molecule has 0 unspecified atom stereocenters. The zero-order chi connectivity index (χ0) is 18.0. The van der Waals surface area contributed by atoms with Gasteiger partial charge in [0.05, 0.1) is 24.7 Å². The van der Waals surface area contributed by atoms with Crippen LogP contribution in [-0.4, -0.2) is 35.0 Å². The molecule has 1 aromatic carbocycles. The molecule has 0 bridgehead atoms. The maximum Gasteiger partial charge on any atom is 0.421 e. The van der Waals surface area contributed by atoms with Crippen molar-refractivity contribution in [2.75, 3.05) is 13.1 Å². The molecule has 2 heterocycles. The standard InChI is InChI=1S/C17H12F3N3O2/c18-17(19,20)14-2-1-7-22-15(14)25-13-9-23(10-13)16(24)12-5-3-11(8-21)4-6-12/h1-7,13H,9-10H2. The van der Waals surface area contributed by atoms with Crippen molar-refractivity contribution in [1.82, 2.24) is 9.88 Å². The lowest BCUT2D eigenvalue weighted by Gasteiger charge is -2.39. The molecule has 0 N–H and O–H groups in total. The number of hydrogen-bond donors (Lipinski definition) is 0. The second-order valence-corrected chi connectivity index (χ2v) is 5.49. The lowest BCUT2D eigenvalue weighted by molar-refractivity contribution is -0.140. The summed E-state index contributed by atoms with van der Waals surface area (Å²) in [6.45, 7) is 0.347. The molecule has 25 heavy (non-hydrogen) atoms. The topological polar surface area (TPSA) is 66.2 Å². The Bertz CT molecular complexity index is 822. The van der Waals surface area contributed by atoms with Crippen molar-refractivity contribution >= 4 is 5.91 Å². The average molecular weight is 347 g/mol. The van der Waals surface area contributed by atoms with E-state index in [1.54, 1.807) is 0 Å². The Balaban J connectivity index is 1.62. The van der Waals surface area contributed by atoms with Gasteiger partial charge < -0.3 is 9.64 Å². The highest BCUT2D eigenvalue weighted by atomic mass is 19.4. The van der Waals surface area contributed by atoms with E-state index in [4.69, 9.17) is 10.00 Å². The fourth-order valence-electron chi connectivity index (χ4n) is 2.41. The van der Waals surface area contributed by atoms with Crippen molar-refractivity contribution in [3.63, 3.8) is 0 Å². The molecule has 1 saturated heterocycles. The molecule has 0 spiro atoms. The van der Waals surface area contributed by atoms with Gasteiger partial charge in [-0.1, -0.05) is 0 Å². The maximum atomic E-state index is 12.9. The lowest BCUT2D eigenvalue weighted by Crippen LogP contribution is -2.56. The van der Waals surface area contributed by atoms with Gasteiger partial charge in [-0.15, -0.1) is 0 Å². The number of rotatable bonds is 3. The minimum Gasteiger partial charge on any atom is -0.470 e. The average Bonchev–Trinajstić information content (AvgIpc) is 2.57. The Morgan fingerprint density at radius 1 is 1.24 bits per heavy atom. The van der Waals surface area contributed by atoms with Crippen molar-refractivity contribution in [1.29, 1.82) is 5.26 Å². The van der Waals surface area contributed by atoms with Crippen LogP contribution in [0.5, 0.6) is 5.88 Å². The number of benzene rings is 1. The van der Waals surface area contributed by atoms with Gasteiger partial charge in [0.15, 0.2) is 0 Å². The van der Waals surface area contributed by atoms with Crippen molar-refractivity contribution in [3.8, 4) is 11.9 Å². The molecular weight excluding hydrogens is 335 g/mol. The van der Waals surface area contributed by atoms with Crippen LogP contribution in [-0.2, 0) is 6.18 Å². The smallest absolute Gasteiger partial charge is 0.421 e. The highest BCUT2D eigenvalue weighted by molar-refractivity contribution is 5.94. The molecular formula is C17H12F3N3O2. The molecule has 3 rings (SSSR count). The summed E-state index contributed by atoms with van der Waals surface area (Å²) in [7, 11) is 0. The first-order chi connectivity index (χ1) is 11.9. The number of carbonyl (C=O) groups excluding carboxylic acids is 1. The quantitative estimate of drug-likeness (QED) is 0.856. The van der Waals surface area contributed by atoms with Crippen molar-refractivity contribution in [2.45, 2.75) is 12.3 Å². The van der Waals surface area contributed by atoms with Crippen LogP contribution >= 0.6 is 0 Å². The highest BCUT2D eigenvalue weighted by Gasteiger charge is 2.38. The Hall–Kier alpha value is -3.08. The predicted octanol–water partition coefficient (Wildman–Crippen LogP) is 2.88. The first-order valence-electron chi connectivity index (χ1n) is 7.37. The molecule has 0 radical (unpaired) electrons. The second-order valence-electron chi connectivity index (χ2n) is 5.49. The number of pyridine rings is 1. The summed E-state index contributed by atoms with van der Waals surface area (Å²) in [6, 6.07) is 10.2. The van der Waals surface area contributed by atoms with Gasteiger partial charge in [0, 0.05) is 11.8 Å². The molecule has 8 heteroatoms. The number of hydrogen-bond acceptors (Lipinski definition) is 4. The van der Waals surface area contributed by atoms with Crippen LogP contribution in [0.15, 0.2) is 42.6 Å². The van der Waals surface area contributed by atoms with Crippen molar-refractivity contribution in [2.24, 2.45) is 0 Å². The molecule has 5 nitrogen and oxygen atoms in total. The van der Waals surface area contributed by atoms with Gasteiger partial charge in [0.25, 0.3) is 5.91 Å². The zero-order valence-corrected chi connectivity index (χ0v) is 12.8. The van der Waals surface area contributed by atoms with Crippen LogP contribution in [0.25, 0.3) is 0 Å². The van der Waals surface area contributed by atoms with Gasteiger partial charge in [-0.25, -0.2) is 4.98 Å². The van der Waals surface area contributed by atoms with Crippen molar-refractivity contribution < 1.29 is 22.7 Å². The zero-order valence-electron chi connectivity index (χ0n) is 12.8. The third-order valence-corrected chi connectivity index (χ3v) is 3.75. The van der Waals surface area contributed by atoms with Crippen LogP contribution in [0.3, 0.4) is 0 Å². The van der Waals surface area contributed by atoms with E-state index >= 15 is 0 Å². The molecule has 1 aliphatic rings. The Morgan fingerprint density at radius 3 is 2.52 bits per heavy atom. The van der Waals surface area contributed by atoms with Crippen LogP contribution in [0.1, 0.15) is 21.5 Å². The van der Waals surface area contributed by atoms with Gasteiger partial charge in [-0.05, 0) is 36.4 Å². The number of alkyl halides is 3. The molecule has 1 aromatic heterocycles. The largest absolute Gasteiger partial charge is 0.470 e. The molecule has 0 saturated carbocycles. The second kappa shape index (κ2) is 6.43. The summed E-state index contributed by atoms with van der Waals surface area (Å²) in [6.07, 6.45) is -3.87. The molecule has 1 fully saturated rings. The van der Waals surface area contributed by atoms with E-state index in [1.807, 2.05) is 6.07 Å². The molecule has 0 atom stereocenters. The van der Waals surface area contributed by atoms with E-state index in [0.29, 0.717) is 11.1 Å². The van der Waals surface area contributed by atoms with Crippen LogP contribution < -0.4 is 4.74 Å². The number of nitrogens with zero attached hydrogens (tertiary/aromatic N) is 3. The van der Waals surface area contributed by atoms with Gasteiger partial charge in [0.2, 0.25) is 5.88 Å². The van der Waals surface area contributed by atoms with Crippen molar-refractivity contribution in [3.05, 3.63) is 59.3 Å². The number of nitriles is 1. The van der Waals surface area contributed by atoms with Crippen LogP contribution in [0, 0.1) is 11.3 Å². The third-order valence-electron chi connectivity index (χ3n) is 3.75. The summed E-state index contributed by atoms with van der Waals surface area (Å²) in [4.78, 5) is 17.3. The van der Waals surface area contributed by atoms with E-state index in [1.165, 1.54) is 41.4 Å². The van der Waals surface area contributed by atoms with Gasteiger partial charge in [-0.3, -0.25) is 4.79 Å². The number of likely N-dealkylation sites (tertiary alicyclic amines) is 1. The molecule has 1 aliphatic heterocycles. The fourth-order valence-corrected chi connectivity index (χ4v) is 2.41. The number of aromatic nitrogens is 1. The molecule has 128 valence electrons. The third kappa shape index (κ3) is 3.55. The maximum absolute atomic E-state index is 12.9. The summed E-state index contributed by atoms with van der Waals surface area (Å²) in [5.41, 5.74) is -0.0886. The van der Waals surface area contributed by atoms with E-state index in [-0.39, 0.29) is 19.0 Å². The Kier molecular flexibility index (Phi) is 4.31. The molecule has 1 amide bonds. The van der Waals surface area contributed by atoms with E-state index in [0.717, 1.165) is 6.07 Å². The van der Waals surface area contributed by atoms with Crippen LogP contribution in [0.4, 0.5) is 13.2 Å². The summed E-state index contributed by atoms with van der Waals surface area (Å²) < 4.78 is 44.0. The monoisotopic (exact) mass is 347 g/mol. The first-order valence-corrected chi connectivity index (χ1v) is 7.37. The van der Waals surface area contributed by atoms with Crippen LogP contribution in [0.2, 0.25) is 0 Å². The fraction of sp³-hybridized carbons (Fsp3) is 0.235. The normalized spacial score (nSPS) is 14.6. The number of ether oxygens (including phenoxy) is 1. The molecule has 0 aliphatic carbocycles. The number of amides is 1. The Morgan fingerprint density at radius 2 is 1.92 bits per heavy atom. The van der Waals surface area contributed by atoms with Gasteiger partial charge >= 0.3 is 6.18 Å². The van der Waals surface area contributed by atoms with E-state index < -0.39 is 23.7 Å². The van der Waals surface area contributed by atoms with Gasteiger partial charge in [0.1, 0.15) is 11.7 Å². The minimum absolute atomic E-state index is 0.173. The minimum atomic E-state index is -4.55. The predicted molar refractivity (Wildman–Crippen MR) is 80.7 cm³/mol. The SMILES string of the molecule is N#Cc1ccc(C(=O)N2CC(Oc3ncccc3C(F)(F)F)C2)cc1. The summed E-state index contributed by atoms with van der Waals surface area (Å²) >= 11 is 0. The Labute approximate surface area is 141 Å². The summed E-state index contributed by atoms with van der Waals surface area (Å²) in [5.74, 6) is -0.744. The van der Waals surface area contributed by atoms with Gasteiger partial charge in [-0.2, -0.15) is 18.4 Å². The number of carbonyl (C=O) groups is 1.